The predicted octanol–water partition coefficient (Wildman–Crippen LogP) is -3.48. The van der Waals surface area contributed by atoms with Crippen LogP contribution in [-0.2, 0) is 9.59 Å². The summed E-state index contributed by atoms with van der Waals surface area (Å²) in [6, 6.07) is 2.73. The SMILES string of the molecule is Bc1ccc2nc(C)n(C3C(=O)NC(=O)CC3(B)B)c(=O)c2c1N. The van der Waals surface area contributed by atoms with Crippen LogP contribution in [0.25, 0.3) is 10.9 Å². The van der Waals surface area contributed by atoms with Gasteiger partial charge in [-0.15, -0.1) is 0 Å². The highest BCUT2D eigenvalue weighted by molar-refractivity contribution is 6.43. The third kappa shape index (κ3) is 2.33. The molecule has 3 rings (SSSR count). The Hall–Kier alpha value is -2.51. The summed E-state index contributed by atoms with van der Waals surface area (Å²) in [5.41, 5.74) is 7.37. The number of imide groups is 1. The van der Waals surface area contributed by atoms with E-state index in [9.17, 15) is 14.4 Å². The Kier molecular flexibility index (Phi) is 3.58. The van der Waals surface area contributed by atoms with E-state index in [1.165, 1.54) is 4.57 Å². The third-order valence-corrected chi connectivity index (χ3v) is 4.63. The van der Waals surface area contributed by atoms with Crippen LogP contribution in [0.4, 0.5) is 5.69 Å². The smallest absolute Gasteiger partial charge is 0.264 e. The van der Waals surface area contributed by atoms with E-state index >= 15 is 0 Å². The number of amides is 2. The summed E-state index contributed by atoms with van der Waals surface area (Å²) >= 11 is 0. The molecular weight excluding hydrogens is 305 g/mol. The number of carbonyl (C=O) groups is 2. The maximum atomic E-state index is 13.1. The Bertz CT molecular complexity index is 954. The van der Waals surface area contributed by atoms with E-state index in [0.29, 0.717) is 22.4 Å². The van der Waals surface area contributed by atoms with Crippen molar-refractivity contribution in [3.63, 3.8) is 0 Å². The van der Waals surface area contributed by atoms with Crippen LogP contribution in [0.2, 0.25) is 5.21 Å². The van der Waals surface area contributed by atoms with Crippen molar-refractivity contribution < 1.29 is 9.59 Å². The molecule has 1 saturated heterocycles. The molecule has 2 amide bonds. The molecule has 2 aromatic rings. The van der Waals surface area contributed by atoms with Crippen molar-refractivity contribution in [3.8, 4) is 0 Å². The average Bonchev–Trinajstić information content (AvgIpc) is 2.44. The monoisotopic (exact) mass is 322 g/mol. The minimum Gasteiger partial charge on any atom is -0.398 e. The Morgan fingerprint density at radius 3 is 2.62 bits per heavy atom. The summed E-state index contributed by atoms with van der Waals surface area (Å²) in [6.07, 6.45) is 0.149. The Balaban J connectivity index is 2.34. The quantitative estimate of drug-likeness (QED) is 0.322. The molecule has 1 aliphatic rings. The molecule has 7 nitrogen and oxygen atoms in total. The summed E-state index contributed by atoms with van der Waals surface area (Å²) in [5, 5.41) is 1.92. The zero-order valence-corrected chi connectivity index (χ0v) is 14.1. The molecule has 24 heavy (non-hydrogen) atoms. The van der Waals surface area contributed by atoms with Crippen molar-refractivity contribution >= 4 is 57.4 Å². The van der Waals surface area contributed by atoms with Gasteiger partial charge < -0.3 is 5.73 Å². The second-order valence-corrected chi connectivity index (χ2v) is 7.00. The van der Waals surface area contributed by atoms with Crippen molar-refractivity contribution in [1.29, 1.82) is 0 Å². The number of anilines is 1. The summed E-state index contributed by atoms with van der Waals surface area (Å²) in [5.74, 6) is -0.414. The van der Waals surface area contributed by atoms with Gasteiger partial charge in [0.15, 0.2) is 0 Å². The normalized spacial score (nSPS) is 20.1. The molecule has 120 valence electrons. The molecule has 0 aliphatic carbocycles. The number of aromatic nitrogens is 2. The standard InChI is InChI=1S/C14H17B3N4O3/c1-5-19-7-3-2-6(15)10(18)9(7)13(24)21(5)11-12(23)20-8(22)4-14(11,16)17/h2-3,11H,4,15-18H2,1H3,(H,20,22,23). The lowest BCUT2D eigenvalue weighted by molar-refractivity contribution is -0.136. The van der Waals surface area contributed by atoms with Crippen LogP contribution in [0.5, 0.6) is 0 Å². The Morgan fingerprint density at radius 1 is 1.33 bits per heavy atom. The lowest BCUT2D eigenvalue weighted by Crippen LogP contribution is -2.52. The Morgan fingerprint density at radius 2 is 2.00 bits per heavy atom. The van der Waals surface area contributed by atoms with Gasteiger partial charge >= 0.3 is 0 Å². The van der Waals surface area contributed by atoms with Crippen LogP contribution in [0.3, 0.4) is 0 Å². The molecule has 0 saturated carbocycles. The molecule has 10 heteroatoms. The topological polar surface area (TPSA) is 107 Å². The van der Waals surface area contributed by atoms with Gasteiger partial charge in [-0.05, 0) is 18.2 Å². The highest BCUT2D eigenvalue weighted by atomic mass is 16.2. The number of fused-ring (bicyclic) bond motifs is 1. The van der Waals surface area contributed by atoms with Gasteiger partial charge in [0.1, 0.15) is 35.4 Å². The van der Waals surface area contributed by atoms with E-state index in [4.69, 9.17) is 5.73 Å². The number of hydrogen-bond acceptors (Lipinski definition) is 5. The van der Waals surface area contributed by atoms with Gasteiger partial charge in [0, 0.05) is 12.1 Å². The van der Waals surface area contributed by atoms with Gasteiger partial charge in [-0.1, -0.05) is 11.5 Å². The van der Waals surface area contributed by atoms with E-state index < -0.39 is 17.2 Å². The van der Waals surface area contributed by atoms with Crippen LogP contribution in [-0.4, -0.2) is 44.9 Å². The van der Waals surface area contributed by atoms with Gasteiger partial charge in [-0.2, -0.15) is 0 Å². The van der Waals surface area contributed by atoms with Gasteiger partial charge in [0.25, 0.3) is 5.56 Å². The van der Waals surface area contributed by atoms with Crippen molar-refractivity contribution in [1.82, 2.24) is 14.9 Å². The van der Waals surface area contributed by atoms with Gasteiger partial charge in [-0.25, -0.2) is 4.98 Å². The molecule has 0 radical (unpaired) electrons. The third-order valence-electron chi connectivity index (χ3n) is 4.63. The highest BCUT2D eigenvalue weighted by Crippen LogP contribution is 2.38. The van der Waals surface area contributed by atoms with Gasteiger partial charge in [-0.3, -0.25) is 24.3 Å². The fourth-order valence-electron chi connectivity index (χ4n) is 3.41. The lowest BCUT2D eigenvalue weighted by Gasteiger charge is -2.38. The summed E-state index contributed by atoms with van der Waals surface area (Å²) in [6.45, 7) is 1.68. The molecule has 0 bridgehead atoms. The van der Waals surface area contributed by atoms with E-state index in [0.717, 1.165) is 5.46 Å². The van der Waals surface area contributed by atoms with Crippen LogP contribution in [0, 0.1) is 6.92 Å². The first-order chi connectivity index (χ1) is 11.1. The summed E-state index contributed by atoms with van der Waals surface area (Å²) < 4.78 is 1.36. The highest BCUT2D eigenvalue weighted by Gasteiger charge is 2.44. The second kappa shape index (κ2) is 5.26. The van der Waals surface area contributed by atoms with Crippen LogP contribution < -0.4 is 22.1 Å². The average molecular weight is 322 g/mol. The second-order valence-electron chi connectivity index (χ2n) is 7.00. The number of nitrogens with two attached hydrogens (primary N) is 1. The number of rotatable bonds is 1. The summed E-state index contributed by atoms with van der Waals surface area (Å²) in [7, 11) is 5.41. The molecule has 0 spiro atoms. The van der Waals surface area contributed by atoms with Crippen LogP contribution in [0.1, 0.15) is 18.3 Å². The largest absolute Gasteiger partial charge is 0.398 e. The van der Waals surface area contributed by atoms with Crippen LogP contribution in [0.15, 0.2) is 16.9 Å². The number of nitrogens with one attached hydrogen (secondary N) is 1. The first-order valence-electron chi connectivity index (χ1n) is 7.75. The molecule has 1 atom stereocenters. The molecule has 1 aliphatic heterocycles. The number of hydrogen-bond donors (Lipinski definition) is 2. The van der Waals surface area contributed by atoms with Crippen molar-refractivity contribution in [3.05, 3.63) is 28.3 Å². The predicted molar refractivity (Wildman–Crippen MR) is 99.9 cm³/mol. The number of piperidine rings is 1. The molecule has 1 aromatic heterocycles. The minimum atomic E-state index is -0.820. The molecule has 3 N–H and O–H groups in total. The van der Waals surface area contributed by atoms with Gasteiger partial charge in [0.2, 0.25) is 11.8 Å². The van der Waals surface area contributed by atoms with E-state index in [2.05, 4.69) is 10.3 Å². The van der Waals surface area contributed by atoms with Gasteiger partial charge in [0.05, 0.1) is 10.9 Å². The fraction of sp³-hybridized carbons (Fsp3) is 0.286. The van der Waals surface area contributed by atoms with Crippen molar-refractivity contribution in [2.45, 2.75) is 24.6 Å². The van der Waals surface area contributed by atoms with Crippen molar-refractivity contribution in [2.75, 3.05) is 5.73 Å². The first-order valence-corrected chi connectivity index (χ1v) is 7.75. The van der Waals surface area contributed by atoms with Crippen molar-refractivity contribution in [2.24, 2.45) is 0 Å². The molecular formula is C14H17B3N4O3. The number of nitrogens with zero attached hydrogens (tertiary/aromatic N) is 2. The zero-order valence-electron chi connectivity index (χ0n) is 14.1. The maximum Gasteiger partial charge on any atom is 0.264 e. The van der Waals surface area contributed by atoms with E-state index in [1.807, 2.05) is 13.9 Å². The van der Waals surface area contributed by atoms with E-state index in [-0.39, 0.29) is 17.9 Å². The number of carbonyl (C=O) groups excluding carboxylic acids is 2. The van der Waals surface area contributed by atoms with Crippen LogP contribution >= 0.6 is 0 Å². The van der Waals surface area contributed by atoms with E-state index in [1.54, 1.807) is 28.7 Å². The zero-order chi connectivity index (χ0) is 17.8. The number of aryl methyl sites for hydroxylation is 1. The lowest BCUT2D eigenvalue weighted by atomic mass is 9.47. The molecule has 1 unspecified atom stereocenters. The summed E-state index contributed by atoms with van der Waals surface area (Å²) in [4.78, 5) is 41.7. The first kappa shape index (κ1) is 16.4. The molecule has 2 heterocycles. The fourth-order valence-corrected chi connectivity index (χ4v) is 3.41. The molecule has 1 fully saturated rings. The Labute approximate surface area is 141 Å². The maximum absolute atomic E-state index is 13.1. The minimum absolute atomic E-state index is 0.149. The molecule has 1 aromatic carbocycles. The number of nitrogen functional groups attached to an aromatic ring is 1. The number of benzene rings is 1.